The molecule has 2 aliphatic rings. The smallest absolute Gasteiger partial charge is 0.148 e. The molecule has 0 bridgehead atoms. The summed E-state index contributed by atoms with van der Waals surface area (Å²) in [5, 5.41) is 0. The topological polar surface area (TPSA) is 55.0 Å². The van der Waals surface area contributed by atoms with Crippen molar-refractivity contribution in [3.8, 4) is 0 Å². The molecule has 2 N–H and O–H groups in total. The van der Waals surface area contributed by atoms with Crippen molar-refractivity contribution in [1.82, 2.24) is 9.97 Å². The third-order valence-electron chi connectivity index (χ3n) is 4.06. The number of hydrogen-bond donors (Lipinski definition) is 1. The van der Waals surface area contributed by atoms with Crippen LogP contribution in [-0.4, -0.2) is 22.6 Å². The Kier molecular flexibility index (Phi) is 2.94. The van der Waals surface area contributed by atoms with E-state index < -0.39 is 0 Å². The number of hydrogen-bond acceptors (Lipinski definition) is 4. The first-order valence-corrected chi connectivity index (χ1v) is 7.09. The summed E-state index contributed by atoms with van der Waals surface area (Å²) in [6.45, 7) is 1.09. The van der Waals surface area contributed by atoms with Crippen LogP contribution in [0.1, 0.15) is 32.1 Å². The van der Waals surface area contributed by atoms with E-state index in [2.05, 4.69) is 30.8 Å². The van der Waals surface area contributed by atoms with E-state index in [9.17, 15) is 0 Å². The summed E-state index contributed by atoms with van der Waals surface area (Å²) < 4.78 is 0.854. The van der Waals surface area contributed by atoms with Gasteiger partial charge in [-0.05, 0) is 47.5 Å². The standard InChI is InChI=1S/C12H17BrN4/c13-10-11(14)15-7-16-12(10)17-6-2-4-8-3-1-5-9(8)17/h7-9H,1-6H2,(H2,14,15,16). The molecule has 5 heteroatoms. The summed E-state index contributed by atoms with van der Waals surface area (Å²) in [6, 6.07) is 0.661. The lowest BCUT2D eigenvalue weighted by Gasteiger charge is -2.39. The number of aromatic nitrogens is 2. The molecule has 0 spiro atoms. The summed E-state index contributed by atoms with van der Waals surface area (Å²) in [5.74, 6) is 2.37. The Morgan fingerprint density at radius 2 is 2.06 bits per heavy atom. The van der Waals surface area contributed by atoms with Gasteiger partial charge in [0.15, 0.2) is 0 Å². The lowest BCUT2D eigenvalue weighted by atomic mass is 9.92. The molecule has 2 unspecified atom stereocenters. The van der Waals surface area contributed by atoms with E-state index in [0.29, 0.717) is 11.9 Å². The number of anilines is 2. The van der Waals surface area contributed by atoms with E-state index in [-0.39, 0.29) is 0 Å². The third kappa shape index (κ3) is 1.90. The van der Waals surface area contributed by atoms with Crippen molar-refractivity contribution >= 4 is 27.6 Å². The number of halogens is 1. The van der Waals surface area contributed by atoms with Crippen LogP contribution in [0.25, 0.3) is 0 Å². The molecule has 1 aliphatic carbocycles. The third-order valence-corrected chi connectivity index (χ3v) is 4.82. The molecule has 2 fully saturated rings. The fourth-order valence-electron chi connectivity index (χ4n) is 3.29. The molecule has 1 aromatic rings. The van der Waals surface area contributed by atoms with Crippen molar-refractivity contribution in [3.05, 3.63) is 10.8 Å². The van der Waals surface area contributed by atoms with Gasteiger partial charge < -0.3 is 10.6 Å². The molecule has 0 aromatic carbocycles. The van der Waals surface area contributed by atoms with Gasteiger partial charge in [-0.2, -0.15) is 0 Å². The molecule has 1 aliphatic heterocycles. The number of nitrogens with two attached hydrogens (primary N) is 1. The number of nitrogens with zero attached hydrogens (tertiary/aromatic N) is 3. The largest absolute Gasteiger partial charge is 0.383 e. The molecule has 17 heavy (non-hydrogen) atoms. The van der Waals surface area contributed by atoms with E-state index in [1.807, 2.05) is 0 Å². The maximum absolute atomic E-state index is 5.84. The fourth-order valence-corrected chi connectivity index (χ4v) is 3.72. The Morgan fingerprint density at radius 3 is 2.94 bits per heavy atom. The molecule has 2 heterocycles. The molecule has 3 rings (SSSR count). The maximum Gasteiger partial charge on any atom is 0.148 e. The highest BCUT2D eigenvalue weighted by atomic mass is 79.9. The van der Waals surface area contributed by atoms with Gasteiger partial charge in [0, 0.05) is 12.6 Å². The summed E-state index contributed by atoms with van der Waals surface area (Å²) >= 11 is 3.52. The van der Waals surface area contributed by atoms with Crippen LogP contribution in [-0.2, 0) is 0 Å². The summed E-state index contributed by atoms with van der Waals surface area (Å²) in [5.41, 5.74) is 5.84. The molecular formula is C12H17BrN4. The molecule has 1 aromatic heterocycles. The summed E-state index contributed by atoms with van der Waals surface area (Å²) in [4.78, 5) is 10.9. The van der Waals surface area contributed by atoms with E-state index in [1.165, 1.54) is 32.1 Å². The second-order valence-electron chi connectivity index (χ2n) is 4.99. The van der Waals surface area contributed by atoms with Crippen LogP contribution in [0, 0.1) is 5.92 Å². The van der Waals surface area contributed by atoms with Gasteiger partial charge >= 0.3 is 0 Å². The van der Waals surface area contributed by atoms with Gasteiger partial charge in [0.2, 0.25) is 0 Å². The van der Waals surface area contributed by atoms with Crippen LogP contribution in [0.3, 0.4) is 0 Å². The zero-order valence-electron chi connectivity index (χ0n) is 9.77. The maximum atomic E-state index is 5.84. The van der Waals surface area contributed by atoms with Gasteiger partial charge in [-0.25, -0.2) is 9.97 Å². The van der Waals surface area contributed by atoms with Crippen LogP contribution >= 0.6 is 15.9 Å². The molecule has 1 saturated heterocycles. The number of nitrogen functional groups attached to an aromatic ring is 1. The van der Waals surface area contributed by atoms with E-state index in [4.69, 9.17) is 5.73 Å². The van der Waals surface area contributed by atoms with Crippen LogP contribution < -0.4 is 10.6 Å². The Morgan fingerprint density at radius 1 is 1.24 bits per heavy atom. The van der Waals surface area contributed by atoms with Crippen LogP contribution in [0.4, 0.5) is 11.6 Å². The van der Waals surface area contributed by atoms with E-state index in [1.54, 1.807) is 6.33 Å². The monoisotopic (exact) mass is 296 g/mol. The fraction of sp³-hybridized carbons (Fsp3) is 0.667. The summed E-state index contributed by atoms with van der Waals surface area (Å²) in [6.07, 6.45) is 8.22. The van der Waals surface area contributed by atoms with Crippen LogP contribution in [0.2, 0.25) is 0 Å². The lowest BCUT2D eigenvalue weighted by molar-refractivity contribution is 0.360. The minimum Gasteiger partial charge on any atom is -0.383 e. The molecule has 92 valence electrons. The highest BCUT2D eigenvalue weighted by molar-refractivity contribution is 9.10. The Labute approximate surface area is 110 Å². The average Bonchev–Trinajstić information content (AvgIpc) is 2.81. The number of rotatable bonds is 1. The van der Waals surface area contributed by atoms with Gasteiger partial charge in [-0.3, -0.25) is 0 Å². The quantitative estimate of drug-likeness (QED) is 0.865. The highest BCUT2D eigenvalue weighted by Crippen LogP contribution is 2.40. The van der Waals surface area contributed by atoms with Crippen molar-refractivity contribution < 1.29 is 0 Å². The van der Waals surface area contributed by atoms with Crippen LogP contribution in [0.15, 0.2) is 10.8 Å². The molecule has 0 radical (unpaired) electrons. The Hall–Kier alpha value is -0.840. The van der Waals surface area contributed by atoms with Gasteiger partial charge in [0.1, 0.15) is 22.4 Å². The zero-order chi connectivity index (χ0) is 11.8. The van der Waals surface area contributed by atoms with Crippen molar-refractivity contribution in [2.24, 2.45) is 5.92 Å². The average molecular weight is 297 g/mol. The molecule has 2 atom stereocenters. The minimum absolute atomic E-state index is 0.537. The number of piperidine rings is 1. The second-order valence-corrected chi connectivity index (χ2v) is 5.78. The zero-order valence-corrected chi connectivity index (χ0v) is 11.4. The Balaban J connectivity index is 1.94. The van der Waals surface area contributed by atoms with Gasteiger partial charge in [0.05, 0.1) is 0 Å². The van der Waals surface area contributed by atoms with Gasteiger partial charge in [-0.1, -0.05) is 6.42 Å². The van der Waals surface area contributed by atoms with Crippen molar-refractivity contribution in [3.63, 3.8) is 0 Å². The predicted octanol–water partition coefficient (Wildman–Crippen LogP) is 2.59. The normalized spacial score (nSPS) is 28.2. The predicted molar refractivity (Wildman–Crippen MR) is 71.9 cm³/mol. The second kappa shape index (κ2) is 4.44. The molecular weight excluding hydrogens is 280 g/mol. The molecule has 1 saturated carbocycles. The van der Waals surface area contributed by atoms with Gasteiger partial charge in [0.25, 0.3) is 0 Å². The first kappa shape index (κ1) is 11.3. The van der Waals surface area contributed by atoms with Gasteiger partial charge in [-0.15, -0.1) is 0 Å². The highest BCUT2D eigenvalue weighted by Gasteiger charge is 2.36. The summed E-state index contributed by atoms with van der Waals surface area (Å²) in [7, 11) is 0. The van der Waals surface area contributed by atoms with E-state index >= 15 is 0 Å². The SMILES string of the molecule is Nc1ncnc(N2CCCC3CCCC32)c1Br. The van der Waals surface area contributed by atoms with Crippen molar-refractivity contribution in [1.29, 1.82) is 0 Å². The first-order chi connectivity index (χ1) is 8.27. The molecule has 0 amide bonds. The minimum atomic E-state index is 0.537. The first-order valence-electron chi connectivity index (χ1n) is 6.30. The number of fused-ring (bicyclic) bond motifs is 1. The Bertz CT molecular complexity index is 423. The molecule has 4 nitrogen and oxygen atoms in total. The van der Waals surface area contributed by atoms with Crippen molar-refractivity contribution in [2.75, 3.05) is 17.2 Å². The van der Waals surface area contributed by atoms with Crippen molar-refractivity contribution in [2.45, 2.75) is 38.1 Å². The van der Waals surface area contributed by atoms with E-state index in [0.717, 1.165) is 22.8 Å². The lowest BCUT2D eigenvalue weighted by Crippen LogP contribution is -2.43. The van der Waals surface area contributed by atoms with Crippen LogP contribution in [0.5, 0.6) is 0 Å².